The van der Waals surface area contributed by atoms with Crippen LogP contribution in [0.15, 0.2) is 53.1 Å². The van der Waals surface area contributed by atoms with Crippen molar-refractivity contribution >= 4 is 17.5 Å². The number of ether oxygens (including phenoxy) is 2. The molecule has 2 aromatic carbocycles. The quantitative estimate of drug-likeness (QED) is 0.454. The van der Waals surface area contributed by atoms with Crippen molar-refractivity contribution in [3.05, 3.63) is 76.1 Å². The van der Waals surface area contributed by atoms with Gasteiger partial charge in [0, 0.05) is 17.1 Å². The van der Waals surface area contributed by atoms with Gasteiger partial charge in [-0.2, -0.15) is 0 Å². The molecule has 1 amide bonds. The Labute approximate surface area is 181 Å². The van der Waals surface area contributed by atoms with Crippen LogP contribution in [-0.4, -0.2) is 24.2 Å². The minimum Gasteiger partial charge on any atom is -0.494 e. The normalized spacial score (nSPS) is 10.6. The van der Waals surface area contributed by atoms with E-state index in [-0.39, 0.29) is 5.91 Å². The molecule has 7 heteroatoms. The zero-order chi connectivity index (χ0) is 21.3. The van der Waals surface area contributed by atoms with Crippen LogP contribution in [0, 0.1) is 13.8 Å². The van der Waals surface area contributed by atoms with E-state index in [1.807, 2.05) is 32.0 Å². The number of hydrogen-bond acceptors (Lipinski definition) is 5. The van der Waals surface area contributed by atoms with Crippen LogP contribution in [0.25, 0.3) is 0 Å². The van der Waals surface area contributed by atoms with Crippen LogP contribution in [0.4, 0.5) is 0 Å². The molecule has 0 radical (unpaired) electrons. The van der Waals surface area contributed by atoms with Gasteiger partial charge in [-0.1, -0.05) is 22.8 Å². The van der Waals surface area contributed by atoms with Gasteiger partial charge in [0.05, 0.1) is 17.9 Å². The van der Waals surface area contributed by atoms with E-state index in [2.05, 4.69) is 10.5 Å². The maximum Gasteiger partial charge on any atom is 0.251 e. The number of amides is 1. The molecule has 0 aliphatic carbocycles. The van der Waals surface area contributed by atoms with Crippen LogP contribution in [0.1, 0.15) is 40.2 Å². The summed E-state index contributed by atoms with van der Waals surface area (Å²) in [6, 6.07) is 14.4. The molecule has 0 saturated heterocycles. The Hall–Kier alpha value is -2.99. The molecule has 1 aromatic heterocycles. The summed E-state index contributed by atoms with van der Waals surface area (Å²) in [5.41, 5.74) is 2.29. The van der Waals surface area contributed by atoms with Crippen LogP contribution in [-0.2, 0) is 6.61 Å². The number of nitrogens with one attached hydrogen (secondary N) is 1. The van der Waals surface area contributed by atoms with E-state index in [4.69, 9.17) is 25.6 Å². The number of unbranched alkanes of at least 4 members (excludes halogenated alkanes) is 1. The van der Waals surface area contributed by atoms with Gasteiger partial charge < -0.3 is 19.3 Å². The van der Waals surface area contributed by atoms with Crippen molar-refractivity contribution in [2.24, 2.45) is 0 Å². The average Bonchev–Trinajstić information content (AvgIpc) is 3.07. The van der Waals surface area contributed by atoms with Gasteiger partial charge in [-0.05, 0) is 69.2 Å². The molecule has 0 aliphatic rings. The second kappa shape index (κ2) is 10.7. The number of nitrogens with zero attached hydrogens (tertiary/aromatic N) is 1. The van der Waals surface area contributed by atoms with E-state index in [0.717, 1.165) is 35.6 Å². The fraction of sp³-hybridized carbons (Fsp3) is 0.304. The minimum absolute atomic E-state index is 0.128. The minimum atomic E-state index is -0.128. The second-order valence-electron chi connectivity index (χ2n) is 6.88. The molecule has 30 heavy (non-hydrogen) atoms. The first-order chi connectivity index (χ1) is 14.5. The fourth-order valence-electron chi connectivity index (χ4n) is 2.84. The molecule has 1 heterocycles. The lowest BCUT2D eigenvalue weighted by molar-refractivity contribution is 0.0952. The van der Waals surface area contributed by atoms with E-state index in [9.17, 15) is 4.79 Å². The Bertz CT molecular complexity index is 950. The number of rotatable bonds is 10. The fourth-order valence-corrected chi connectivity index (χ4v) is 2.97. The third-order valence-corrected chi connectivity index (χ3v) is 4.85. The Kier molecular flexibility index (Phi) is 7.74. The summed E-state index contributed by atoms with van der Waals surface area (Å²) in [6.07, 6.45) is 1.66. The summed E-state index contributed by atoms with van der Waals surface area (Å²) in [6.45, 7) is 5.23. The van der Waals surface area contributed by atoms with Crippen molar-refractivity contribution in [1.29, 1.82) is 0 Å². The predicted octanol–water partition coefficient (Wildman–Crippen LogP) is 5.11. The lowest BCUT2D eigenvalue weighted by Gasteiger charge is -2.09. The summed E-state index contributed by atoms with van der Waals surface area (Å²) in [5, 5.41) is 7.53. The molecular formula is C23H25ClN2O4. The highest BCUT2D eigenvalue weighted by molar-refractivity contribution is 6.30. The monoisotopic (exact) mass is 428 g/mol. The number of carbonyl (C=O) groups is 1. The first-order valence-electron chi connectivity index (χ1n) is 9.84. The highest BCUT2D eigenvalue weighted by Gasteiger charge is 2.11. The van der Waals surface area contributed by atoms with Crippen molar-refractivity contribution in [3.8, 4) is 11.5 Å². The predicted molar refractivity (Wildman–Crippen MR) is 115 cm³/mol. The van der Waals surface area contributed by atoms with E-state index >= 15 is 0 Å². The SMILES string of the molecule is Cc1noc(C)c1COc1cccc(C(=O)NCCCCOc2ccc(Cl)cc2)c1. The van der Waals surface area contributed by atoms with Crippen molar-refractivity contribution < 1.29 is 18.8 Å². The maximum atomic E-state index is 12.4. The zero-order valence-corrected chi connectivity index (χ0v) is 17.9. The summed E-state index contributed by atoms with van der Waals surface area (Å²) in [7, 11) is 0. The molecule has 3 aromatic rings. The highest BCUT2D eigenvalue weighted by atomic mass is 35.5. The van der Waals surface area contributed by atoms with Crippen LogP contribution >= 0.6 is 11.6 Å². The number of benzene rings is 2. The molecule has 0 unspecified atom stereocenters. The van der Waals surface area contributed by atoms with Gasteiger partial charge in [0.1, 0.15) is 23.9 Å². The van der Waals surface area contributed by atoms with Gasteiger partial charge in [0.15, 0.2) is 0 Å². The molecule has 0 bridgehead atoms. The van der Waals surface area contributed by atoms with E-state index in [1.165, 1.54) is 0 Å². The number of hydrogen-bond donors (Lipinski definition) is 1. The van der Waals surface area contributed by atoms with E-state index in [1.54, 1.807) is 30.3 Å². The first-order valence-corrected chi connectivity index (χ1v) is 10.2. The summed E-state index contributed by atoms with van der Waals surface area (Å²) in [4.78, 5) is 12.4. The Morgan fingerprint density at radius 1 is 1.07 bits per heavy atom. The summed E-state index contributed by atoms with van der Waals surface area (Å²) < 4.78 is 16.6. The third kappa shape index (κ3) is 6.26. The molecule has 0 aliphatic heterocycles. The van der Waals surface area contributed by atoms with E-state index < -0.39 is 0 Å². The third-order valence-electron chi connectivity index (χ3n) is 4.60. The molecule has 158 valence electrons. The zero-order valence-electron chi connectivity index (χ0n) is 17.1. The molecule has 0 spiro atoms. The van der Waals surface area contributed by atoms with E-state index in [0.29, 0.717) is 36.1 Å². The van der Waals surface area contributed by atoms with Crippen LogP contribution in [0.2, 0.25) is 5.02 Å². The molecule has 6 nitrogen and oxygen atoms in total. The number of carbonyl (C=O) groups excluding carboxylic acids is 1. The van der Waals surface area contributed by atoms with Gasteiger partial charge in [0.2, 0.25) is 0 Å². The van der Waals surface area contributed by atoms with Gasteiger partial charge in [-0.15, -0.1) is 0 Å². The number of aromatic nitrogens is 1. The topological polar surface area (TPSA) is 73.6 Å². The standard InChI is InChI=1S/C23H25ClN2O4/c1-16-22(17(2)30-26-16)15-29-21-7-5-6-18(14-21)23(27)25-12-3-4-13-28-20-10-8-19(24)9-11-20/h5-11,14H,3-4,12-13,15H2,1-2H3,(H,25,27). The molecule has 0 fully saturated rings. The summed E-state index contributed by atoms with van der Waals surface area (Å²) >= 11 is 5.85. The second-order valence-corrected chi connectivity index (χ2v) is 7.32. The van der Waals surface area contributed by atoms with Gasteiger partial charge in [-0.3, -0.25) is 4.79 Å². The molecular weight excluding hydrogens is 404 g/mol. The molecule has 0 atom stereocenters. The van der Waals surface area contributed by atoms with Crippen LogP contribution in [0.3, 0.4) is 0 Å². The maximum absolute atomic E-state index is 12.4. The lowest BCUT2D eigenvalue weighted by atomic mass is 10.2. The molecule has 0 saturated carbocycles. The molecule has 3 rings (SSSR count). The average molecular weight is 429 g/mol. The van der Waals surface area contributed by atoms with Gasteiger partial charge >= 0.3 is 0 Å². The van der Waals surface area contributed by atoms with Crippen molar-refractivity contribution in [2.45, 2.75) is 33.3 Å². The molecule has 1 N–H and O–H groups in total. The lowest BCUT2D eigenvalue weighted by Crippen LogP contribution is -2.24. The van der Waals surface area contributed by atoms with Crippen molar-refractivity contribution in [1.82, 2.24) is 10.5 Å². The smallest absolute Gasteiger partial charge is 0.251 e. The Balaban J connectivity index is 1.38. The Morgan fingerprint density at radius 3 is 2.60 bits per heavy atom. The number of halogens is 1. The van der Waals surface area contributed by atoms with Crippen LogP contribution in [0.5, 0.6) is 11.5 Å². The largest absolute Gasteiger partial charge is 0.494 e. The highest BCUT2D eigenvalue weighted by Crippen LogP contribution is 2.19. The van der Waals surface area contributed by atoms with Gasteiger partial charge in [-0.25, -0.2) is 0 Å². The van der Waals surface area contributed by atoms with Crippen LogP contribution < -0.4 is 14.8 Å². The van der Waals surface area contributed by atoms with Crippen molar-refractivity contribution in [2.75, 3.05) is 13.2 Å². The number of aryl methyl sites for hydroxylation is 2. The Morgan fingerprint density at radius 2 is 1.87 bits per heavy atom. The van der Waals surface area contributed by atoms with Crippen molar-refractivity contribution in [3.63, 3.8) is 0 Å². The van der Waals surface area contributed by atoms with Gasteiger partial charge in [0.25, 0.3) is 5.91 Å². The first kappa shape index (κ1) is 21.7. The summed E-state index contributed by atoms with van der Waals surface area (Å²) in [5.74, 6) is 2.02.